The largest absolute Gasteiger partial charge is 0.673 e. The van der Waals surface area contributed by atoms with Crippen molar-refractivity contribution in [1.29, 1.82) is 0 Å². The summed E-state index contributed by atoms with van der Waals surface area (Å²) in [5.74, 6) is -0.804. The maximum atomic E-state index is 10.3. The van der Waals surface area contributed by atoms with E-state index < -0.39 is 13.2 Å². The van der Waals surface area contributed by atoms with Crippen LogP contribution in [-0.2, 0) is 4.79 Å². The number of hydrogen-bond acceptors (Lipinski definition) is 1. The van der Waals surface area contributed by atoms with Crippen molar-refractivity contribution in [1.82, 2.24) is 0 Å². The zero-order valence-electron chi connectivity index (χ0n) is 9.35. The van der Waals surface area contributed by atoms with E-state index >= 15 is 0 Å². The standard InChI is InChI=1S/C9H16O2.BF4/c1-3-4-5-6-7-8(2)9(10)11;2-1(3,4)5/h7H,3-6H2,1-2H3,(H,10,11);/q;-1/b8-7-;. The highest BCUT2D eigenvalue weighted by atomic mass is 19.5. The summed E-state index contributed by atoms with van der Waals surface area (Å²) in [6, 6.07) is 0. The number of carboxylic acid groups (broad SMARTS) is 1. The zero-order chi connectivity index (χ0) is 13.2. The number of aliphatic carboxylic acids is 1. The summed E-state index contributed by atoms with van der Waals surface area (Å²) in [6.07, 6.45) is 6.15. The van der Waals surface area contributed by atoms with Gasteiger partial charge in [-0.05, 0) is 19.8 Å². The third-order valence-electron chi connectivity index (χ3n) is 1.60. The molecule has 0 fully saturated rings. The second kappa shape index (κ2) is 9.24. The minimum Gasteiger partial charge on any atom is -0.478 e. The van der Waals surface area contributed by atoms with Crippen molar-refractivity contribution in [2.75, 3.05) is 0 Å². The van der Waals surface area contributed by atoms with Crippen molar-refractivity contribution in [3.8, 4) is 0 Å². The van der Waals surface area contributed by atoms with Gasteiger partial charge in [0, 0.05) is 5.57 Å². The normalized spacial score (nSPS) is 11.8. The van der Waals surface area contributed by atoms with E-state index in [2.05, 4.69) is 6.92 Å². The Morgan fingerprint density at radius 1 is 1.25 bits per heavy atom. The molecule has 0 atom stereocenters. The Hall–Kier alpha value is -1.01. The molecule has 0 rings (SSSR count). The van der Waals surface area contributed by atoms with Crippen LogP contribution in [0.25, 0.3) is 0 Å². The number of carboxylic acids is 1. The number of halogens is 4. The van der Waals surface area contributed by atoms with Gasteiger partial charge < -0.3 is 22.4 Å². The number of allylic oxidation sites excluding steroid dienone is 1. The Morgan fingerprint density at radius 3 is 2.00 bits per heavy atom. The molecule has 0 spiro atoms. The van der Waals surface area contributed by atoms with Crippen LogP contribution in [-0.4, -0.2) is 18.3 Å². The fraction of sp³-hybridized carbons (Fsp3) is 0.667. The first-order valence-electron chi connectivity index (χ1n) is 4.95. The van der Waals surface area contributed by atoms with Crippen LogP contribution in [0.15, 0.2) is 11.6 Å². The van der Waals surface area contributed by atoms with Gasteiger partial charge in [0.15, 0.2) is 0 Å². The molecule has 0 aliphatic rings. The molecule has 1 N–H and O–H groups in total. The summed E-state index contributed by atoms with van der Waals surface area (Å²) >= 11 is 0. The summed E-state index contributed by atoms with van der Waals surface area (Å²) < 4.78 is 39.0. The van der Waals surface area contributed by atoms with Gasteiger partial charge in [-0.15, -0.1) is 0 Å². The van der Waals surface area contributed by atoms with E-state index in [0.717, 1.165) is 12.8 Å². The molecule has 0 aromatic rings. The van der Waals surface area contributed by atoms with E-state index in [-0.39, 0.29) is 0 Å². The van der Waals surface area contributed by atoms with Gasteiger partial charge in [0.1, 0.15) is 0 Å². The molecular weight excluding hydrogens is 227 g/mol. The highest BCUT2D eigenvalue weighted by Crippen LogP contribution is 2.06. The maximum Gasteiger partial charge on any atom is 0.673 e. The fourth-order valence-electron chi connectivity index (χ4n) is 0.800. The van der Waals surface area contributed by atoms with E-state index in [4.69, 9.17) is 5.11 Å². The lowest BCUT2D eigenvalue weighted by atomic mass is 10.1. The molecule has 0 aromatic heterocycles. The Labute approximate surface area is 92.4 Å². The molecule has 0 saturated carbocycles. The molecule has 0 heterocycles. The third kappa shape index (κ3) is 23.1. The van der Waals surface area contributed by atoms with Crippen LogP contribution in [0.2, 0.25) is 0 Å². The molecule has 2 nitrogen and oxygen atoms in total. The molecule has 0 aliphatic carbocycles. The van der Waals surface area contributed by atoms with E-state index in [1.165, 1.54) is 12.8 Å². The SMILES string of the molecule is CCCCC/C=C(/C)C(=O)O.F[B-](F)(F)F. The first-order valence-corrected chi connectivity index (χ1v) is 4.95. The molecule has 0 bridgehead atoms. The Bertz CT molecular complexity index is 220. The summed E-state index contributed by atoms with van der Waals surface area (Å²) in [7, 11) is -6.00. The summed E-state index contributed by atoms with van der Waals surface area (Å²) in [5, 5.41) is 8.47. The Balaban J connectivity index is 0. The number of hydrogen-bond donors (Lipinski definition) is 1. The predicted molar refractivity (Wildman–Crippen MR) is 55.7 cm³/mol. The average molecular weight is 243 g/mol. The van der Waals surface area contributed by atoms with Gasteiger partial charge in [-0.3, -0.25) is 0 Å². The molecule has 96 valence electrons. The average Bonchev–Trinajstić information content (AvgIpc) is 2.09. The quantitative estimate of drug-likeness (QED) is 0.344. The van der Waals surface area contributed by atoms with Crippen LogP contribution in [0.1, 0.15) is 39.5 Å². The van der Waals surface area contributed by atoms with E-state index in [1.54, 1.807) is 13.0 Å². The zero-order valence-corrected chi connectivity index (χ0v) is 9.35. The minimum absolute atomic E-state index is 0.459. The van der Waals surface area contributed by atoms with Crippen LogP contribution in [0.5, 0.6) is 0 Å². The van der Waals surface area contributed by atoms with Crippen LogP contribution in [0.3, 0.4) is 0 Å². The highest BCUT2D eigenvalue weighted by molar-refractivity contribution is 6.50. The van der Waals surface area contributed by atoms with Gasteiger partial charge in [0.25, 0.3) is 0 Å². The summed E-state index contributed by atoms with van der Waals surface area (Å²) in [4.78, 5) is 10.3. The van der Waals surface area contributed by atoms with Crippen molar-refractivity contribution >= 4 is 13.2 Å². The van der Waals surface area contributed by atoms with Crippen LogP contribution < -0.4 is 0 Å². The summed E-state index contributed by atoms with van der Waals surface area (Å²) in [6.45, 7) is 3.77. The molecule has 0 unspecified atom stereocenters. The lowest BCUT2D eigenvalue weighted by Gasteiger charge is -1.94. The van der Waals surface area contributed by atoms with Crippen LogP contribution in [0, 0.1) is 0 Å². The molecule has 16 heavy (non-hydrogen) atoms. The second-order valence-corrected chi connectivity index (χ2v) is 3.18. The minimum atomic E-state index is -6.00. The molecular formula is C9H16BF4O2-. The molecule has 0 aromatic carbocycles. The molecule has 0 radical (unpaired) electrons. The van der Waals surface area contributed by atoms with Crippen molar-refractivity contribution < 1.29 is 27.2 Å². The number of rotatable bonds is 5. The first-order chi connectivity index (χ1) is 7.18. The predicted octanol–water partition coefficient (Wildman–Crippen LogP) is 3.90. The number of unbranched alkanes of at least 4 members (excludes halogenated alkanes) is 3. The third-order valence-corrected chi connectivity index (χ3v) is 1.60. The van der Waals surface area contributed by atoms with Gasteiger partial charge in [-0.25, -0.2) is 4.79 Å². The monoisotopic (exact) mass is 243 g/mol. The van der Waals surface area contributed by atoms with Crippen molar-refractivity contribution in [2.45, 2.75) is 39.5 Å². The molecule has 0 amide bonds. The Morgan fingerprint density at radius 2 is 1.69 bits per heavy atom. The first kappa shape index (κ1) is 17.4. The lowest BCUT2D eigenvalue weighted by Crippen LogP contribution is -2.02. The van der Waals surface area contributed by atoms with Gasteiger partial charge in [0.05, 0.1) is 0 Å². The molecule has 0 aliphatic heterocycles. The van der Waals surface area contributed by atoms with E-state index in [9.17, 15) is 22.1 Å². The molecule has 0 saturated heterocycles. The van der Waals surface area contributed by atoms with E-state index in [0.29, 0.717) is 5.57 Å². The van der Waals surface area contributed by atoms with Gasteiger partial charge >= 0.3 is 13.2 Å². The maximum absolute atomic E-state index is 10.3. The number of carbonyl (C=O) groups is 1. The Kier molecular flexibility index (Phi) is 10.0. The lowest BCUT2D eigenvalue weighted by molar-refractivity contribution is -0.132. The van der Waals surface area contributed by atoms with E-state index in [1.807, 2.05) is 0 Å². The van der Waals surface area contributed by atoms with Crippen molar-refractivity contribution in [3.63, 3.8) is 0 Å². The van der Waals surface area contributed by atoms with Gasteiger partial charge in [-0.2, -0.15) is 0 Å². The van der Waals surface area contributed by atoms with Gasteiger partial charge in [-0.1, -0.05) is 25.8 Å². The van der Waals surface area contributed by atoms with Gasteiger partial charge in [0.2, 0.25) is 0 Å². The van der Waals surface area contributed by atoms with Crippen molar-refractivity contribution in [3.05, 3.63) is 11.6 Å². The van der Waals surface area contributed by atoms with Crippen LogP contribution in [0.4, 0.5) is 17.3 Å². The molecule has 7 heteroatoms. The van der Waals surface area contributed by atoms with Crippen molar-refractivity contribution in [2.24, 2.45) is 0 Å². The summed E-state index contributed by atoms with van der Waals surface area (Å²) in [5.41, 5.74) is 0.459. The topological polar surface area (TPSA) is 37.3 Å². The second-order valence-electron chi connectivity index (χ2n) is 3.18. The fourth-order valence-corrected chi connectivity index (χ4v) is 0.800. The highest BCUT2D eigenvalue weighted by Gasteiger charge is 2.20. The smallest absolute Gasteiger partial charge is 0.478 e. The van der Waals surface area contributed by atoms with Crippen LogP contribution >= 0.6 is 0 Å².